The number of carbonyl (C=O) groups excluding carboxylic acids is 1. The molecule has 9 nitrogen and oxygen atoms in total. The SMILES string of the molecule is CC(C)(C)OC(=O)NC1(c2cc(Nc3ccc(Cl)cc3)nc(N3CCOCC3)n2)COC1. The monoisotopic (exact) mass is 461 g/mol. The zero-order chi connectivity index (χ0) is 22.8. The molecule has 2 fully saturated rings. The first-order valence-corrected chi connectivity index (χ1v) is 10.9. The maximum Gasteiger partial charge on any atom is 0.408 e. The van der Waals surface area contributed by atoms with E-state index in [0.29, 0.717) is 62.0 Å². The van der Waals surface area contributed by atoms with E-state index in [4.69, 9.17) is 35.8 Å². The molecule has 0 atom stereocenters. The number of alkyl carbamates (subject to hydrolysis) is 1. The minimum absolute atomic E-state index is 0.298. The number of aromatic nitrogens is 2. The van der Waals surface area contributed by atoms with Crippen molar-refractivity contribution in [2.24, 2.45) is 0 Å². The number of halogens is 1. The minimum atomic E-state index is -0.789. The third kappa shape index (κ3) is 5.40. The quantitative estimate of drug-likeness (QED) is 0.698. The standard InChI is InChI=1S/C22H28ClN5O4/c1-21(2,3)32-20(29)27-22(13-31-14-22)17-12-18(24-16-6-4-15(23)5-7-16)26-19(25-17)28-8-10-30-11-9-28/h4-7,12H,8-11,13-14H2,1-3H3,(H,27,29)(H,24,25,26). The molecule has 0 aliphatic carbocycles. The Morgan fingerprint density at radius 3 is 2.41 bits per heavy atom. The van der Waals surface area contributed by atoms with Gasteiger partial charge in [-0.1, -0.05) is 11.6 Å². The molecule has 0 bridgehead atoms. The second-order valence-corrected chi connectivity index (χ2v) is 9.31. The Morgan fingerprint density at radius 2 is 1.81 bits per heavy atom. The highest BCUT2D eigenvalue weighted by atomic mass is 35.5. The number of nitrogens with zero attached hydrogens (tertiary/aromatic N) is 3. The van der Waals surface area contributed by atoms with Crippen molar-refractivity contribution < 1.29 is 19.0 Å². The topological polar surface area (TPSA) is 97.8 Å². The lowest BCUT2D eigenvalue weighted by Crippen LogP contribution is -2.60. The van der Waals surface area contributed by atoms with Crippen LogP contribution in [0.5, 0.6) is 0 Å². The van der Waals surface area contributed by atoms with Crippen LogP contribution in [-0.2, 0) is 19.7 Å². The van der Waals surface area contributed by atoms with Crippen LogP contribution in [0, 0.1) is 0 Å². The summed E-state index contributed by atoms with van der Waals surface area (Å²) >= 11 is 6.01. The minimum Gasteiger partial charge on any atom is -0.444 e. The lowest BCUT2D eigenvalue weighted by atomic mass is 9.92. The number of hydrogen-bond donors (Lipinski definition) is 2. The first-order chi connectivity index (χ1) is 15.2. The number of carbonyl (C=O) groups is 1. The summed E-state index contributed by atoms with van der Waals surface area (Å²) in [6.45, 7) is 8.66. The zero-order valence-electron chi connectivity index (χ0n) is 18.5. The van der Waals surface area contributed by atoms with Crippen LogP contribution >= 0.6 is 11.6 Å². The molecule has 2 aliphatic heterocycles. The molecule has 2 aromatic rings. The molecule has 10 heteroatoms. The fraction of sp³-hybridized carbons (Fsp3) is 0.500. The van der Waals surface area contributed by atoms with Gasteiger partial charge in [-0.05, 0) is 45.0 Å². The Kier molecular flexibility index (Phi) is 6.41. The zero-order valence-corrected chi connectivity index (χ0v) is 19.2. The van der Waals surface area contributed by atoms with Gasteiger partial charge in [0.15, 0.2) is 0 Å². The molecule has 2 N–H and O–H groups in total. The van der Waals surface area contributed by atoms with Gasteiger partial charge < -0.3 is 29.7 Å². The first-order valence-electron chi connectivity index (χ1n) is 10.6. The van der Waals surface area contributed by atoms with Gasteiger partial charge in [-0.2, -0.15) is 4.98 Å². The number of benzene rings is 1. The number of morpholine rings is 1. The fourth-order valence-corrected chi connectivity index (χ4v) is 3.54. The molecular weight excluding hydrogens is 434 g/mol. The van der Waals surface area contributed by atoms with Crippen LogP contribution in [0.25, 0.3) is 0 Å². The Morgan fingerprint density at radius 1 is 1.12 bits per heavy atom. The summed E-state index contributed by atoms with van der Waals surface area (Å²) in [7, 11) is 0. The molecule has 0 saturated carbocycles. The van der Waals surface area contributed by atoms with Gasteiger partial charge in [0, 0.05) is 29.9 Å². The number of rotatable bonds is 5. The van der Waals surface area contributed by atoms with E-state index in [1.54, 1.807) is 12.1 Å². The smallest absolute Gasteiger partial charge is 0.408 e. The molecule has 2 aliphatic rings. The largest absolute Gasteiger partial charge is 0.444 e. The van der Waals surface area contributed by atoms with Crippen molar-refractivity contribution in [2.45, 2.75) is 31.9 Å². The number of hydrogen-bond acceptors (Lipinski definition) is 8. The fourth-order valence-electron chi connectivity index (χ4n) is 3.42. The first kappa shape index (κ1) is 22.6. The molecule has 3 heterocycles. The van der Waals surface area contributed by atoms with Crippen molar-refractivity contribution in [2.75, 3.05) is 49.7 Å². The average Bonchev–Trinajstić information content (AvgIpc) is 2.71. The summed E-state index contributed by atoms with van der Waals surface area (Å²) in [6.07, 6.45) is -0.514. The summed E-state index contributed by atoms with van der Waals surface area (Å²) in [4.78, 5) is 24.1. The summed E-state index contributed by atoms with van der Waals surface area (Å²) in [5, 5.41) is 6.93. The van der Waals surface area contributed by atoms with Gasteiger partial charge in [0.1, 0.15) is 17.0 Å². The lowest BCUT2D eigenvalue weighted by molar-refractivity contribution is -0.0817. The van der Waals surface area contributed by atoms with Crippen molar-refractivity contribution in [3.63, 3.8) is 0 Å². The Bertz CT molecular complexity index is 954. The molecule has 0 unspecified atom stereocenters. The second-order valence-electron chi connectivity index (χ2n) is 8.87. The lowest BCUT2D eigenvalue weighted by Gasteiger charge is -2.42. The van der Waals surface area contributed by atoms with E-state index in [9.17, 15) is 4.79 Å². The van der Waals surface area contributed by atoms with Gasteiger partial charge in [-0.15, -0.1) is 0 Å². The highest BCUT2D eigenvalue weighted by Gasteiger charge is 2.45. The van der Waals surface area contributed by atoms with Crippen molar-refractivity contribution in [1.29, 1.82) is 0 Å². The van der Waals surface area contributed by atoms with Crippen molar-refractivity contribution in [3.8, 4) is 0 Å². The van der Waals surface area contributed by atoms with Gasteiger partial charge in [0.2, 0.25) is 5.95 Å². The van der Waals surface area contributed by atoms with E-state index in [0.717, 1.165) is 5.69 Å². The van der Waals surface area contributed by atoms with Gasteiger partial charge >= 0.3 is 6.09 Å². The molecule has 0 spiro atoms. The molecule has 2 saturated heterocycles. The van der Waals surface area contributed by atoms with E-state index >= 15 is 0 Å². The normalized spacial score (nSPS) is 17.9. The highest BCUT2D eigenvalue weighted by Crippen LogP contribution is 2.32. The van der Waals surface area contributed by atoms with Gasteiger partial charge in [-0.3, -0.25) is 0 Å². The van der Waals surface area contributed by atoms with Gasteiger partial charge in [0.25, 0.3) is 0 Å². The maximum absolute atomic E-state index is 12.5. The predicted octanol–water partition coefficient (Wildman–Crippen LogP) is 3.46. The molecule has 172 valence electrons. The highest BCUT2D eigenvalue weighted by molar-refractivity contribution is 6.30. The molecule has 4 rings (SSSR count). The van der Waals surface area contributed by atoms with Gasteiger partial charge in [0.05, 0.1) is 32.1 Å². The van der Waals surface area contributed by atoms with Crippen molar-refractivity contribution in [3.05, 3.63) is 41.0 Å². The molecule has 1 aromatic heterocycles. The van der Waals surface area contributed by atoms with E-state index < -0.39 is 17.2 Å². The van der Waals surface area contributed by atoms with Crippen LogP contribution in [0.3, 0.4) is 0 Å². The molecule has 1 amide bonds. The number of anilines is 3. The van der Waals surface area contributed by atoms with Crippen molar-refractivity contribution in [1.82, 2.24) is 15.3 Å². The van der Waals surface area contributed by atoms with Crippen LogP contribution in [0.2, 0.25) is 5.02 Å². The number of nitrogens with one attached hydrogen (secondary N) is 2. The van der Waals surface area contributed by atoms with Crippen LogP contribution < -0.4 is 15.5 Å². The average molecular weight is 462 g/mol. The summed E-state index contributed by atoms with van der Waals surface area (Å²) < 4.78 is 16.4. The third-order valence-electron chi connectivity index (χ3n) is 5.05. The maximum atomic E-state index is 12.5. The third-order valence-corrected chi connectivity index (χ3v) is 5.30. The van der Waals surface area contributed by atoms with Crippen LogP contribution in [0.1, 0.15) is 26.5 Å². The van der Waals surface area contributed by atoms with E-state index in [1.165, 1.54) is 0 Å². The number of ether oxygens (including phenoxy) is 3. The Hall–Kier alpha value is -2.62. The van der Waals surface area contributed by atoms with E-state index in [2.05, 4.69) is 15.5 Å². The number of amides is 1. The Labute approximate surface area is 192 Å². The van der Waals surface area contributed by atoms with Gasteiger partial charge in [-0.25, -0.2) is 9.78 Å². The van der Waals surface area contributed by atoms with Crippen LogP contribution in [0.4, 0.5) is 22.2 Å². The van der Waals surface area contributed by atoms with Crippen LogP contribution in [0.15, 0.2) is 30.3 Å². The Balaban J connectivity index is 1.66. The molecule has 0 radical (unpaired) electrons. The summed E-state index contributed by atoms with van der Waals surface area (Å²) in [5.74, 6) is 1.18. The summed E-state index contributed by atoms with van der Waals surface area (Å²) in [5.41, 5.74) is 0.0958. The predicted molar refractivity (Wildman–Crippen MR) is 122 cm³/mol. The van der Waals surface area contributed by atoms with Crippen molar-refractivity contribution >= 4 is 35.1 Å². The van der Waals surface area contributed by atoms with E-state index in [-0.39, 0.29) is 0 Å². The molecule has 32 heavy (non-hydrogen) atoms. The molecule has 1 aromatic carbocycles. The van der Waals surface area contributed by atoms with Crippen LogP contribution in [-0.4, -0.2) is 61.2 Å². The molecular formula is C22H28ClN5O4. The second kappa shape index (κ2) is 9.09. The summed E-state index contributed by atoms with van der Waals surface area (Å²) in [6, 6.07) is 9.19. The van der Waals surface area contributed by atoms with E-state index in [1.807, 2.05) is 39.0 Å².